The molecule has 2 fully saturated rings. The fraction of sp³-hybridized carbons (Fsp3) is 0.368. The molecule has 2 heterocycles. The van der Waals surface area contributed by atoms with Crippen molar-refractivity contribution < 1.29 is 14.4 Å². The maximum absolute atomic E-state index is 12.9. The lowest BCUT2D eigenvalue weighted by molar-refractivity contribution is -0.146. The zero-order valence-corrected chi connectivity index (χ0v) is 14.4. The molecule has 1 aromatic heterocycles. The highest BCUT2D eigenvalue weighted by Crippen LogP contribution is 2.20. The topological polar surface area (TPSA) is 82.6 Å². The van der Waals surface area contributed by atoms with Gasteiger partial charge in [-0.25, -0.2) is 0 Å². The van der Waals surface area contributed by atoms with E-state index >= 15 is 0 Å². The molecule has 7 heteroatoms. The largest absolute Gasteiger partial charge is 0.345 e. The number of fused-ring (bicyclic) bond motifs is 1. The number of para-hydroxylation sites is 1. The molecule has 1 N–H and O–H groups in total. The van der Waals surface area contributed by atoms with Gasteiger partial charge in [0.25, 0.3) is 5.91 Å². The number of carbonyl (C=O) groups is 3. The van der Waals surface area contributed by atoms with Crippen LogP contribution in [0.25, 0.3) is 10.9 Å². The zero-order valence-electron chi connectivity index (χ0n) is 14.4. The third-order valence-electron chi connectivity index (χ3n) is 4.84. The summed E-state index contributed by atoms with van der Waals surface area (Å²) in [4.78, 5) is 44.5. The molecule has 7 nitrogen and oxygen atoms in total. The van der Waals surface area contributed by atoms with Crippen molar-refractivity contribution in [2.45, 2.75) is 18.9 Å². The van der Waals surface area contributed by atoms with E-state index in [1.165, 1.54) is 4.90 Å². The Morgan fingerprint density at radius 2 is 1.65 bits per heavy atom. The summed E-state index contributed by atoms with van der Waals surface area (Å²) < 4.78 is 0. The first-order valence-corrected chi connectivity index (χ1v) is 8.86. The Kier molecular flexibility index (Phi) is 4.28. The Balaban J connectivity index is 1.41. The second kappa shape index (κ2) is 6.74. The number of nitrogens with zero attached hydrogens (tertiary/aromatic N) is 3. The van der Waals surface area contributed by atoms with E-state index in [1.54, 1.807) is 17.2 Å². The fourth-order valence-corrected chi connectivity index (χ4v) is 3.18. The number of carbonyl (C=O) groups excluding carboxylic acids is 3. The van der Waals surface area contributed by atoms with Crippen LogP contribution >= 0.6 is 0 Å². The molecule has 1 aromatic carbocycles. The highest BCUT2D eigenvalue weighted by atomic mass is 16.2. The van der Waals surface area contributed by atoms with Gasteiger partial charge in [0.15, 0.2) is 0 Å². The average Bonchev–Trinajstić information content (AvgIpc) is 3.50. The standard InChI is InChI=1S/C19H20N4O3/c24-17(21-13-5-6-13)19(26)23-11-9-22(10-12-23)18(25)15-7-8-20-16-4-2-1-3-14(15)16/h1-4,7-8,13H,5-6,9-12H2,(H,21,24). The van der Waals surface area contributed by atoms with Gasteiger partial charge in [-0.2, -0.15) is 0 Å². The van der Waals surface area contributed by atoms with Gasteiger partial charge in [0, 0.05) is 43.8 Å². The minimum absolute atomic E-state index is 0.0712. The lowest BCUT2D eigenvalue weighted by Gasteiger charge is -2.34. The van der Waals surface area contributed by atoms with E-state index in [-0.39, 0.29) is 11.9 Å². The van der Waals surface area contributed by atoms with E-state index < -0.39 is 11.8 Å². The predicted octanol–water partition coefficient (Wildman–Crippen LogP) is 0.798. The minimum atomic E-state index is -0.535. The Bertz CT molecular complexity index is 865. The summed E-state index contributed by atoms with van der Waals surface area (Å²) in [7, 11) is 0. The number of hydrogen-bond acceptors (Lipinski definition) is 4. The van der Waals surface area contributed by atoms with Crippen molar-refractivity contribution in [2.24, 2.45) is 0 Å². The molecule has 0 radical (unpaired) electrons. The van der Waals surface area contributed by atoms with Crippen LogP contribution in [0, 0.1) is 0 Å². The normalized spacial score (nSPS) is 17.2. The van der Waals surface area contributed by atoms with Crippen molar-refractivity contribution in [3.63, 3.8) is 0 Å². The van der Waals surface area contributed by atoms with Crippen molar-refractivity contribution in [3.8, 4) is 0 Å². The predicted molar refractivity (Wildman–Crippen MR) is 95.4 cm³/mol. The van der Waals surface area contributed by atoms with E-state index in [0.717, 1.165) is 23.7 Å². The molecular weight excluding hydrogens is 332 g/mol. The monoisotopic (exact) mass is 352 g/mol. The van der Waals surface area contributed by atoms with E-state index in [9.17, 15) is 14.4 Å². The number of rotatable bonds is 2. The first kappa shape index (κ1) is 16.5. The van der Waals surface area contributed by atoms with Gasteiger partial charge in [-0.1, -0.05) is 18.2 Å². The summed E-state index contributed by atoms with van der Waals surface area (Å²) in [5.74, 6) is -1.11. The summed E-state index contributed by atoms with van der Waals surface area (Å²) in [5.41, 5.74) is 1.39. The van der Waals surface area contributed by atoms with E-state index in [0.29, 0.717) is 31.7 Å². The highest BCUT2D eigenvalue weighted by Gasteiger charge is 2.31. The molecule has 0 unspecified atom stereocenters. The second-order valence-electron chi connectivity index (χ2n) is 6.71. The van der Waals surface area contributed by atoms with Crippen molar-refractivity contribution in [3.05, 3.63) is 42.1 Å². The highest BCUT2D eigenvalue weighted by molar-refractivity contribution is 6.35. The van der Waals surface area contributed by atoms with Crippen LogP contribution in [0.1, 0.15) is 23.2 Å². The van der Waals surface area contributed by atoms with E-state index in [4.69, 9.17) is 0 Å². The molecule has 0 spiro atoms. The van der Waals surface area contributed by atoms with E-state index in [2.05, 4.69) is 10.3 Å². The average molecular weight is 352 g/mol. The molecule has 134 valence electrons. The SMILES string of the molecule is O=C(NC1CC1)C(=O)N1CCN(C(=O)c2ccnc3ccccc23)CC1. The van der Waals surface area contributed by atoms with Crippen LogP contribution < -0.4 is 5.32 Å². The van der Waals surface area contributed by atoms with Crippen molar-refractivity contribution in [2.75, 3.05) is 26.2 Å². The molecule has 1 aliphatic carbocycles. The Labute approximate surface area is 151 Å². The molecule has 0 atom stereocenters. The molecule has 1 aliphatic heterocycles. The van der Waals surface area contributed by atoms with Crippen molar-refractivity contribution in [1.29, 1.82) is 0 Å². The smallest absolute Gasteiger partial charge is 0.312 e. The number of amides is 3. The van der Waals surface area contributed by atoms with Gasteiger partial charge >= 0.3 is 11.8 Å². The molecule has 1 saturated carbocycles. The summed E-state index contributed by atoms with van der Waals surface area (Å²) in [6.45, 7) is 1.56. The van der Waals surface area contributed by atoms with Crippen LogP contribution in [0.5, 0.6) is 0 Å². The number of nitrogens with one attached hydrogen (secondary N) is 1. The Morgan fingerprint density at radius 1 is 0.962 bits per heavy atom. The maximum Gasteiger partial charge on any atom is 0.312 e. The number of benzene rings is 1. The summed E-state index contributed by atoms with van der Waals surface area (Å²) >= 11 is 0. The minimum Gasteiger partial charge on any atom is -0.345 e. The summed E-state index contributed by atoms with van der Waals surface area (Å²) in [6.07, 6.45) is 3.53. The van der Waals surface area contributed by atoms with Crippen LogP contribution in [-0.2, 0) is 9.59 Å². The lowest BCUT2D eigenvalue weighted by atomic mass is 10.1. The van der Waals surface area contributed by atoms with Crippen LogP contribution in [0.3, 0.4) is 0 Å². The molecular formula is C19H20N4O3. The Morgan fingerprint density at radius 3 is 2.38 bits per heavy atom. The van der Waals surface area contributed by atoms with Gasteiger partial charge in [-0.15, -0.1) is 0 Å². The van der Waals surface area contributed by atoms with Gasteiger partial charge < -0.3 is 15.1 Å². The molecule has 1 saturated heterocycles. The zero-order chi connectivity index (χ0) is 18.1. The summed E-state index contributed by atoms with van der Waals surface area (Å²) in [5, 5.41) is 3.53. The summed E-state index contributed by atoms with van der Waals surface area (Å²) in [6, 6.07) is 9.43. The molecule has 3 amide bonds. The maximum atomic E-state index is 12.9. The van der Waals surface area contributed by atoms with Crippen LogP contribution in [-0.4, -0.2) is 64.7 Å². The van der Waals surface area contributed by atoms with Gasteiger partial charge in [0.1, 0.15) is 0 Å². The first-order valence-electron chi connectivity index (χ1n) is 8.86. The molecule has 26 heavy (non-hydrogen) atoms. The number of hydrogen-bond donors (Lipinski definition) is 1. The Hall–Kier alpha value is -2.96. The van der Waals surface area contributed by atoms with Crippen LogP contribution in [0.2, 0.25) is 0 Å². The molecule has 2 aromatic rings. The van der Waals surface area contributed by atoms with E-state index in [1.807, 2.05) is 24.3 Å². The number of pyridine rings is 1. The van der Waals surface area contributed by atoms with Crippen LogP contribution in [0.15, 0.2) is 36.5 Å². The lowest BCUT2D eigenvalue weighted by Crippen LogP contribution is -2.54. The number of piperazine rings is 1. The fourth-order valence-electron chi connectivity index (χ4n) is 3.18. The quantitative estimate of drug-likeness (QED) is 0.811. The van der Waals surface area contributed by atoms with Crippen molar-refractivity contribution in [1.82, 2.24) is 20.1 Å². The van der Waals surface area contributed by atoms with Crippen LogP contribution in [0.4, 0.5) is 0 Å². The second-order valence-corrected chi connectivity index (χ2v) is 6.71. The third kappa shape index (κ3) is 3.24. The number of aromatic nitrogens is 1. The molecule has 4 rings (SSSR count). The first-order chi connectivity index (χ1) is 12.6. The third-order valence-corrected chi connectivity index (χ3v) is 4.84. The van der Waals surface area contributed by atoms with Gasteiger partial charge in [-0.05, 0) is 25.0 Å². The van der Waals surface area contributed by atoms with Gasteiger partial charge in [-0.3, -0.25) is 19.4 Å². The van der Waals surface area contributed by atoms with Gasteiger partial charge in [0.2, 0.25) is 0 Å². The molecule has 0 bridgehead atoms. The van der Waals surface area contributed by atoms with Crippen molar-refractivity contribution >= 4 is 28.6 Å². The molecule has 2 aliphatic rings. The van der Waals surface area contributed by atoms with Gasteiger partial charge in [0.05, 0.1) is 11.1 Å².